The summed E-state index contributed by atoms with van der Waals surface area (Å²) >= 11 is 5.92. The monoisotopic (exact) mass is 277 g/mol. The lowest BCUT2D eigenvalue weighted by atomic mass is 10.0. The minimum atomic E-state index is 0.344. The van der Waals surface area contributed by atoms with Gasteiger partial charge in [0.05, 0.1) is 5.69 Å². The SMILES string of the molecule is CCC(NCc1cn(C)nc1C)c1ccc(Cl)cc1. The average molecular weight is 278 g/mol. The smallest absolute Gasteiger partial charge is 0.0638 e. The number of aromatic nitrogens is 2. The lowest BCUT2D eigenvalue weighted by molar-refractivity contribution is 0.518. The quantitative estimate of drug-likeness (QED) is 0.905. The average Bonchev–Trinajstić information content (AvgIpc) is 2.71. The molecule has 19 heavy (non-hydrogen) atoms. The van der Waals surface area contributed by atoms with E-state index in [9.17, 15) is 0 Å². The third-order valence-electron chi connectivity index (χ3n) is 3.33. The van der Waals surface area contributed by atoms with Crippen molar-refractivity contribution < 1.29 is 0 Å². The molecule has 4 heteroatoms. The Kier molecular flexibility index (Phi) is 4.61. The summed E-state index contributed by atoms with van der Waals surface area (Å²) in [6.07, 6.45) is 3.11. The van der Waals surface area contributed by atoms with Gasteiger partial charge in [-0.15, -0.1) is 0 Å². The molecule has 1 atom stereocenters. The second-order valence-corrected chi connectivity index (χ2v) is 5.24. The molecule has 1 N–H and O–H groups in total. The van der Waals surface area contributed by atoms with E-state index in [0.717, 1.165) is 23.7 Å². The van der Waals surface area contributed by atoms with Crippen molar-refractivity contribution in [2.75, 3.05) is 0 Å². The highest BCUT2D eigenvalue weighted by Gasteiger charge is 2.10. The van der Waals surface area contributed by atoms with Gasteiger partial charge in [0.1, 0.15) is 0 Å². The molecule has 1 aromatic heterocycles. The van der Waals surface area contributed by atoms with Gasteiger partial charge < -0.3 is 5.32 Å². The van der Waals surface area contributed by atoms with E-state index < -0.39 is 0 Å². The third kappa shape index (κ3) is 3.58. The Morgan fingerprint density at radius 3 is 2.53 bits per heavy atom. The van der Waals surface area contributed by atoms with E-state index in [-0.39, 0.29) is 0 Å². The first-order chi connectivity index (χ1) is 9.10. The number of hydrogen-bond acceptors (Lipinski definition) is 2. The first-order valence-corrected chi connectivity index (χ1v) is 6.96. The van der Waals surface area contributed by atoms with Crippen LogP contribution in [0, 0.1) is 6.92 Å². The number of halogens is 1. The lowest BCUT2D eigenvalue weighted by Crippen LogP contribution is -2.20. The summed E-state index contributed by atoms with van der Waals surface area (Å²) in [6.45, 7) is 5.06. The summed E-state index contributed by atoms with van der Waals surface area (Å²) in [5, 5.41) is 8.72. The van der Waals surface area contributed by atoms with E-state index in [1.807, 2.05) is 30.8 Å². The molecule has 1 aromatic carbocycles. The molecule has 0 aliphatic carbocycles. The number of nitrogens with zero attached hydrogens (tertiary/aromatic N) is 2. The van der Waals surface area contributed by atoms with Gasteiger partial charge in [-0.1, -0.05) is 30.7 Å². The van der Waals surface area contributed by atoms with Crippen LogP contribution >= 0.6 is 11.6 Å². The summed E-state index contributed by atoms with van der Waals surface area (Å²) in [6, 6.07) is 8.39. The predicted octanol–water partition coefficient (Wildman–Crippen LogP) is 3.62. The molecule has 0 aliphatic heterocycles. The molecule has 2 aromatic rings. The molecule has 102 valence electrons. The molecule has 1 heterocycles. The molecular weight excluding hydrogens is 258 g/mol. The zero-order chi connectivity index (χ0) is 13.8. The van der Waals surface area contributed by atoms with Gasteiger partial charge in [0.2, 0.25) is 0 Å². The number of nitrogens with one attached hydrogen (secondary N) is 1. The van der Waals surface area contributed by atoms with Crippen molar-refractivity contribution in [3.05, 3.63) is 52.3 Å². The molecule has 0 saturated carbocycles. The van der Waals surface area contributed by atoms with Crippen molar-refractivity contribution in [3.8, 4) is 0 Å². The molecule has 1 unspecified atom stereocenters. The van der Waals surface area contributed by atoms with E-state index in [0.29, 0.717) is 6.04 Å². The summed E-state index contributed by atoms with van der Waals surface area (Å²) in [5.41, 5.74) is 3.60. The lowest BCUT2D eigenvalue weighted by Gasteiger charge is -2.17. The molecule has 0 saturated heterocycles. The predicted molar refractivity (Wildman–Crippen MR) is 79.3 cm³/mol. The maximum Gasteiger partial charge on any atom is 0.0638 e. The van der Waals surface area contributed by atoms with Gasteiger partial charge in [-0.25, -0.2) is 0 Å². The standard InChI is InChI=1S/C15H20ClN3/c1-4-15(12-5-7-14(16)8-6-12)17-9-13-10-19(3)18-11(13)2/h5-8,10,15,17H,4,9H2,1-3H3. The maximum absolute atomic E-state index is 5.92. The number of aryl methyl sites for hydroxylation is 2. The fourth-order valence-electron chi connectivity index (χ4n) is 2.25. The van der Waals surface area contributed by atoms with E-state index in [2.05, 4.69) is 35.7 Å². The zero-order valence-corrected chi connectivity index (χ0v) is 12.4. The zero-order valence-electron chi connectivity index (χ0n) is 11.7. The highest BCUT2D eigenvalue weighted by Crippen LogP contribution is 2.20. The number of hydrogen-bond donors (Lipinski definition) is 1. The summed E-state index contributed by atoms with van der Waals surface area (Å²) < 4.78 is 1.86. The molecule has 0 spiro atoms. The summed E-state index contributed by atoms with van der Waals surface area (Å²) in [7, 11) is 1.95. The highest BCUT2D eigenvalue weighted by atomic mass is 35.5. The first-order valence-electron chi connectivity index (χ1n) is 6.58. The van der Waals surface area contributed by atoms with Crippen molar-refractivity contribution >= 4 is 11.6 Å². The van der Waals surface area contributed by atoms with Gasteiger partial charge in [0, 0.05) is 36.4 Å². The minimum absolute atomic E-state index is 0.344. The van der Waals surface area contributed by atoms with Crippen molar-refractivity contribution in [2.24, 2.45) is 7.05 Å². The van der Waals surface area contributed by atoms with Gasteiger partial charge in [-0.3, -0.25) is 4.68 Å². The van der Waals surface area contributed by atoms with Crippen molar-refractivity contribution in [1.29, 1.82) is 0 Å². The maximum atomic E-state index is 5.92. The molecule has 0 radical (unpaired) electrons. The van der Waals surface area contributed by atoms with Crippen molar-refractivity contribution in [1.82, 2.24) is 15.1 Å². The molecule has 2 rings (SSSR count). The van der Waals surface area contributed by atoms with Crippen molar-refractivity contribution in [3.63, 3.8) is 0 Å². The van der Waals surface area contributed by atoms with Gasteiger partial charge in [0.25, 0.3) is 0 Å². The van der Waals surface area contributed by atoms with E-state index in [1.54, 1.807) is 0 Å². The third-order valence-corrected chi connectivity index (χ3v) is 3.59. The van der Waals surface area contributed by atoms with Crippen LogP contribution in [0.25, 0.3) is 0 Å². The Labute approximate surface area is 119 Å². The van der Waals surface area contributed by atoms with Gasteiger partial charge in [0.15, 0.2) is 0 Å². The van der Waals surface area contributed by atoms with Gasteiger partial charge in [-0.05, 0) is 31.0 Å². The van der Waals surface area contributed by atoms with E-state index in [4.69, 9.17) is 11.6 Å². The van der Waals surface area contributed by atoms with Crippen LogP contribution in [0.2, 0.25) is 5.02 Å². The Morgan fingerprint density at radius 2 is 2.00 bits per heavy atom. The molecule has 0 aliphatic rings. The molecule has 0 bridgehead atoms. The second kappa shape index (κ2) is 6.22. The number of benzene rings is 1. The van der Waals surface area contributed by atoms with Crippen LogP contribution in [-0.2, 0) is 13.6 Å². The normalized spacial score (nSPS) is 12.6. The Hall–Kier alpha value is -1.32. The molecular formula is C15H20ClN3. The van der Waals surface area contributed by atoms with Crippen LogP contribution in [0.4, 0.5) is 0 Å². The highest BCUT2D eigenvalue weighted by molar-refractivity contribution is 6.30. The first kappa shape index (κ1) is 14.1. The van der Waals surface area contributed by atoms with Gasteiger partial charge >= 0.3 is 0 Å². The molecule has 3 nitrogen and oxygen atoms in total. The fraction of sp³-hybridized carbons (Fsp3) is 0.400. The van der Waals surface area contributed by atoms with Gasteiger partial charge in [-0.2, -0.15) is 5.10 Å². The largest absolute Gasteiger partial charge is 0.306 e. The topological polar surface area (TPSA) is 29.9 Å². The van der Waals surface area contributed by atoms with Crippen LogP contribution in [0.3, 0.4) is 0 Å². The van der Waals surface area contributed by atoms with Crippen LogP contribution in [0.1, 0.15) is 36.2 Å². The summed E-state index contributed by atoms with van der Waals surface area (Å²) in [4.78, 5) is 0. The second-order valence-electron chi connectivity index (χ2n) is 4.81. The fourth-order valence-corrected chi connectivity index (χ4v) is 2.37. The van der Waals surface area contributed by atoms with E-state index >= 15 is 0 Å². The van der Waals surface area contributed by atoms with E-state index in [1.165, 1.54) is 11.1 Å². The Balaban J connectivity index is 2.03. The van der Waals surface area contributed by atoms with Crippen LogP contribution in [-0.4, -0.2) is 9.78 Å². The van der Waals surface area contributed by atoms with Crippen LogP contribution in [0.15, 0.2) is 30.5 Å². The number of rotatable bonds is 5. The van der Waals surface area contributed by atoms with Crippen molar-refractivity contribution in [2.45, 2.75) is 32.9 Å². The molecule has 0 fully saturated rings. The van der Waals surface area contributed by atoms with Crippen LogP contribution < -0.4 is 5.32 Å². The Morgan fingerprint density at radius 1 is 1.32 bits per heavy atom. The van der Waals surface area contributed by atoms with Crippen LogP contribution in [0.5, 0.6) is 0 Å². The minimum Gasteiger partial charge on any atom is -0.306 e. The summed E-state index contributed by atoms with van der Waals surface area (Å²) in [5.74, 6) is 0. The molecule has 0 amide bonds. The Bertz CT molecular complexity index is 531.